The van der Waals surface area contributed by atoms with E-state index in [0.717, 1.165) is 29.7 Å². The van der Waals surface area contributed by atoms with Crippen molar-refractivity contribution in [3.63, 3.8) is 0 Å². The number of hydrogen-bond donors (Lipinski definition) is 1. The number of ether oxygens (including phenoxy) is 2. The summed E-state index contributed by atoms with van der Waals surface area (Å²) >= 11 is 12.5. The lowest BCUT2D eigenvalue weighted by Crippen LogP contribution is -2.17. The molecule has 0 radical (unpaired) electrons. The molecule has 0 bridgehead atoms. The lowest BCUT2D eigenvalue weighted by molar-refractivity contribution is 0.269. The van der Waals surface area contributed by atoms with Crippen LogP contribution in [0, 0.1) is 5.82 Å². The zero-order chi connectivity index (χ0) is 21.3. The molecule has 0 saturated heterocycles. The van der Waals surface area contributed by atoms with E-state index < -0.39 is 0 Å². The molecule has 0 aliphatic carbocycles. The van der Waals surface area contributed by atoms with E-state index in [4.69, 9.17) is 32.7 Å². The summed E-state index contributed by atoms with van der Waals surface area (Å²) in [6.45, 7) is 4.16. The lowest BCUT2D eigenvalue weighted by atomic mass is 10.1. The van der Waals surface area contributed by atoms with Crippen molar-refractivity contribution in [2.45, 2.75) is 26.5 Å². The maximum Gasteiger partial charge on any atom is 0.163 e. The van der Waals surface area contributed by atoms with E-state index in [-0.39, 0.29) is 5.82 Å². The molecule has 0 amide bonds. The second-order valence-electron chi connectivity index (χ2n) is 6.80. The molecular formula is C24H24Cl2FNO2. The van der Waals surface area contributed by atoms with Gasteiger partial charge in [-0.25, -0.2) is 4.39 Å². The summed E-state index contributed by atoms with van der Waals surface area (Å²) in [5, 5.41) is 4.64. The molecule has 3 aromatic rings. The third-order valence-electron chi connectivity index (χ3n) is 4.52. The normalized spacial score (nSPS) is 10.8. The third kappa shape index (κ3) is 6.63. The van der Waals surface area contributed by atoms with Gasteiger partial charge in [0.05, 0.1) is 6.61 Å². The first kappa shape index (κ1) is 22.4. The van der Waals surface area contributed by atoms with E-state index in [1.807, 2.05) is 37.3 Å². The fraction of sp³-hybridized carbons (Fsp3) is 0.250. The third-order valence-corrected chi connectivity index (χ3v) is 5.10. The highest BCUT2D eigenvalue weighted by molar-refractivity contribution is 6.31. The van der Waals surface area contributed by atoms with Crippen molar-refractivity contribution in [2.24, 2.45) is 0 Å². The van der Waals surface area contributed by atoms with Crippen LogP contribution in [0.1, 0.15) is 23.6 Å². The van der Waals surface area contributed by atoms with Crippen molar-refractivity contribution < 1.29 is 13.9 Å². The van der Waals surface area contributed by atoms with Crippen LogP contribution in [0.25, 0.3) is 0 Å². The lowest BCUT2D eigenvalue weighted by Gasteiger charge is -2.15. The fourth-order valence-electron chi connectivity index (χ4n) is 2.99. The standard InChI is InChI=1S/C24H24Cl2FNO2/c1-2-29-23-13-19(15-28-11-10-17-6-8-21(27)9-7-17)22(26)14-24(23)30-16-18-4-3-5-20(25)12-18/h3-9,12-14,28H,2,10-11,15-16H2,1H3. The van der Waals surface area contributed by atoms with Crippen LogP contribution < -0.4 is 14.8 Å². The second-order valence-corrected chi connectivity index (χ2v) is 7.64. The van der Waals surface area contributed by atoms with Gasteiger partial charge in [0.15, 0.2) is 11.5 Å². The summed E-state index contributed by atoms with van der Waals surface area (Å²) in [4.78, 5) is 0. The largest absolute Gasteiger partial charge is 0.490 e. The Morgan fingerprint density at radius 3 is 2.40 bits per heavy atom. The summed E-state index contributed by atoms with van der Waals surface area (Å²) < 4.78 is 24.7. The summed E-state index contributed by atoms with van der Waals surface area (Å²) in [6.07, 6.45) is 0.803. The predicted octanol–water partition coefficient (Wildman–Crippen LogP) is 6.44. The molecule has 0 unspecified atom stereocenters. The molecule has 0 saturated carbocycles. The van der Waals surface area contributed by atoms with Crippen LogP contribution in [-0.4, -0.2) is 13.2 Å². The Morgan fingerprint density at radius 2 is 1.67 bits per heavy atom. The average Bonchev–Trinajstić information content (AvgIpc) is 2.73. The minimum Gasteiger partial charge on any atom is -0.490 e. The molecule has 0 aliphatic rings. The van der Waals surface area contributed by atoms with Crippen molar-refractivity contribution in [3.05, 3.63) is 93.2 Å². The average molecular weight is 448 g/mol. The smallest absolute Gasteiger partial charge is 0.163 e. The van der Waals surface area contributed by atoms with Crippen LogP contribution in [0.3, 0.4) is 0 Å². The zero-order valence-corrected chi connectivity index (χ0v) is 18.3. The molecule has 158 valence electrons. The number of nitrogens with one attached hydrogen (secondary N) is 1. The molecule has 3 rings (SSSR count). The molecule has 30 heavy (non-hydrogen) atoms. The van der Waals surface area contributed by atoms with E-state index in [0.29, 0.717) is 41.3 Å². The van der Waals surface area contributed by atoms with Gasteiger partial charge in [-0.1, -0.05) is 47.5 Å². The van der Waals surface area contributed by atoms with Crippen molar-refractivity contribution in [2.75, 3.05) is 13.2 Å². The SMILES string of the molecule is CCOc1cc(CNCCc2ccc(F)cc2)c(Cl)cc1OCc1cccc(Cl)c1. The fourth-order valence-corrected chi connectivity index (χ4v) is 3.42. The molecule has 3 aromatic carbocycles. The highest BCUT2D eigenvalue weighted by Gasteiger charge is 2.12. The minimum absolute atomic E-state index is 0.223. The quantitative estimate of drug-likeness (QED) is 0.362. The van der Waals surface area contributed by atoms with E-state index in [2.05, 4.69) is 5.32 Å². The van der Waals surface area contributed by atoms with Crippen LogP contribution in [-0.2, 0) is 19.6 Å². The van der Waals surface area contributed by atoms with Gasteiger partial charge in [0.25, 0.3) is 0 Å². The van der Waals surface area contributed by atoms with E-state index >= 15 is 0 Å². The minimum atomic E-state index is -0.223. The van der Waals surface area contributed by atoms with Crippen molar-refractivity contribution in [1.82, 2.24) is 5.32 Å². The van der Waals surface area contributed by atoms with Gasteiger partial charge in [0.2, 0.25) is 0 Å². The Bertz CT molecular complexity index is 964. The van der Waals surface area contributed by atoms with Gasteiger partial charge in [0.1, 0.15) is 12.4 Å². The number of rotatable bonds is 10. The molecule has 0 aromatic heterocycles. The molecule has 0 fully saturated rings. The van der Waals surface area contributed by atoms with Gasteiger partial charge >= 0.3 is 0 Å². The zero-order valence-electron chi connectivity index (χ0n) is 16.8. The molecule has 0 spiro atoms. The predicted molar refractivity (Wildman–Crippen MR) is 120 cm³/mol. The molecule has 3 nitrogen and oxygen atoms in total. The van der Waals surface area contributed by atoms with Crippen LogP contribution in [0.5, 0.6) is 11.5 Å². The highest BCUT2D eigenvalue weighted by Crippen LogP contribution is 2.34. The first-order valence-electron chi connectivity index (χ1n) is 9.82. The van der Waals surface area contributed by atoms with Crippen LogP contribution in [0.4, 0.5) is 4.39 Å². The molecule has 6 heteroatoms. The summed E-state index contributed by atoms with van der Waals surface area (Å²) in [5.74, 6) is 1.02. The van der Waals surface area contributed by atoms with Gasteiger partial charge in [-0.2, -0.15) is 0 Å². The Morgan fingerprint density at radius 1 is 0.900 bits per heavy atom. The van der Waals surface area contributed by atoms with Crippen LogP contribution in [0.15, 0.2) is 60.7 Å². The number of benzene rings is 3. The summed E-state index contributed by atoms with van der Waals surface area (Å²) in [6, 6.07) is 17.8. The molecule has 0 heterocycles. The molecule has 0 atom stereocenters. The van der Waals surface area contributed by atoms with Gasteiger partial charge in [-0.3, -0.25) is 0 Å². The van der Waals surface area contributed by atoms with E-state index in [1.165, 1.54) is 12.1 Å². The maximum absolute atomic E-state index is 13.0. The monoisotopic (exact) mass is 447 g/mol. The van der Waals surface area contributed by atoms with Crippen molar-refractivity contribution >= 4 is 23.2 Å². The Balaban J connectivity index is 1.60. The Kier molecular flexibility index (Phi) is 8.38. The summed E-state index contributed by atoms with van der Waals surface area (Å²) in [7, 11) is 0. The van der Waals surface area contributed by atoms with Gasteiger partial charge in [0, 0.05) is 22.7 Å². The highest BCUT2D eigenvalue weighted by atomic mass is 35.5. The van der Waals surface area contributed by atoms with Gasteiger partial charge in [-0.05, 0) is 66.9 Å². The molecule has 1 N–H and O–H groups in total. The second kappa shape index (κ2) is 11.2. The van der Waals surface area contributed by atoms with E-state index in [1.54, 1.807) is 18.2 Å². The number of hydrogen-bond acceptors (Lipinski definition) is 3. The van der Waals surface area contributed by atoms with Crippen molar-refractivity contribution in [3.8, 4) is 11.5 Å². The van der Waals surface area contributed by atoms with Gasteiger partial charge in [-0.15, -0.1) is 0 Å². The van der Waals surface area contributed by atoms with Gasteiger partial charge < -0.3 is 14.8 Å². The molecular weight excluding hydrogens is 424 g/mol. The van der Waals surface area contributed by atoms with Crippen LogP contribution in [0.2, 0.25) is 10.0 Å². The van der Waals surface area contributed by atoms with Crippen molar-refractivity contribution in [1.29, 1.82) is 0 Å². The topological polar surface area (TPSA) is 30.5 Å². The van der Waals surface area contributed by atoms with E-state index in [9.17, 15) is 4.39 Å². The van der Waals surface area contributed by atoms with Crippen LogP contribution >= 0.6 is 23.2 Å². The maximum atomic E-state index is 13.0. The number of halogens is 3. The molecule has 0 aliphatic heterocycles. The Hall–Kier alpha value is -2.27. The first-order valence-corrected chi connectivity index (χ1v) is 10.6. The first-order chi connectivity index (χ1) is 14.5. The summed E-state index contributed by atoms with van der Waals surface area (Å²) in [5.41, 5.74) is 2.97. The Labute approximate surface area is 186 Å².